The second-order valence-corrected chi connectivity index (χ2v) is 6.03. The van der Waals surface area contributed by atoms with Gasteiger partial charge in [-0.25, -0.2) is 0 Å². The third-order valence-corrected chi connectivity index (χ3v) is 4.19. The number of benzene rings is 1. The van der Waals surface area contributed by atoms with Crippen LogP contribution >= 0.6 is 0 Å². The lowest BCUT2D eigenvalue weighted by molar-refractivity contribution is -0.121. The van der Waals surface area contributed by atoms with Crippen molar-refractivity contribution in [2.24, 2.45) is 0 Å². The van der Waals surface area contributed by atoms with E-state index in [1.54, 1.807) is 30.2 Å². The van der Waals surface area contributed by atoms with Gasteiger partial charge in [0.15, 0.2) is 0 Å². The van der Waals surface area contributed by atoms with E-state index >= 15 is 0 Å². The molecule has 1 aromatic heterocycles. The maximum Gasteiger partial charge on any atom is 0.251 e. The van der Waals surface area contributed by atoms with Crippen molar-refractivity contribution in [1.82, 2.24) is 20.4 Å². The van der Waals surface area contributed by atoms with Crippen LogP contribution in [-0.4, -0.2) is 47.9 Å². The molecule has 0 unspecified atom stereocenters. The molecule has 1 aromatic carbocycles. The summed E-state index contributed by atoms with van der Waals surface area (Å²) in [5, 5.41) is 9.66. The number of hydrogen-bond acceptors (Lipinski definition) is 4. The number of likely N-dealkylation sites (N-methyl/N-ethyl adjacent to an activating group) is 1. The average Bonchev–Trinajstić information content (AvgIpc) is 3.31. The number of carbonyl (C=O) groups excluding carboxylic acids is 2. The van der Waals surface area contributed by atoms with E-state index in [0.29, 0.717) is 12.1 Å². The molecule has 25 heavy (non-hydrogen) atoms. The third-order valence-electron chi connectivity index (χ3n) is 4.19. The fourth-order valence-corrected chi connectivity index (χ4v) is 2.78. The first-order chi connectivity index (χ1) is 12.2. The standard InChI is InChI=1S/C18H22N4O3/c1-19-17(23)12-22-11-15(9-21-22)13-4-2-5-14(8-13)18(24)20-10-16-6-3-7-25-16/h2,4-5,8-9,11,16H,3,6-7,10,12H2,1H3,(H,19,23)(H,20,24)/t16-/m1/s1. The van der Waals surface area contributed by atoms with Crippen LogP contribution in [0.3, 0.4) is 0 Å². The Morgan fingerprint density at radius 2 is 2.24 bits per heavy atom. The van der Waals surface area contributed by atoms with E-state index in [4.69, 9.17) is 4.74 Å². The van der Waals surface area contributed by atoms with Crippen LogP contribution in [0.4, 0.5) is 0 Å². The van der Waals surface area contributed by atoms with Crippen molar-refractivity contribution < 1.29 is 14.3 Å². The van der Waals surface area contributed by atoms with E-state index in [1.165, 1.54) is 0 Å². The SMILES string of the molecule is CNC(=O)Cn1cc(-c2cccc(C(=O)NC[C@H]3CCCO3)c2)cn1. The van der Waals surface area contributed by atoms with Gasteiger partial charge in [-0.1, -0.05) is 12.1 Å². The van der Waals surface area contributed by atoms with Crippen molar-refractivity contribution in [3.63, 3.8) is 0 Å². The van der Waals surface area contributed by atoms with Crippen molar-refractivity contribution in [1.29, 1.82) is 0 Å². The van der Waals surface area contributed by atoms with E-state index in [0.717, 1.165) is 30.6 Å². The Kier molecular flexibility index (Phi) is 5.45. The van der Waals surface area contributed by atoms with Crippen molar-refractivity contribution in [2.45, 2.75) is 25.5 Å². The Morgan fingerprint density at radius 3 is 3.00 bits per heavy atom. The lowest BCUT2D eigenvalue weighted by atomic mass is 10.1. The molecular formula is C18H22N4O3. The highest BCUT2D eigenvalue weighted by Gasteiger charge is 2.17. The fourth-order valence-electron chi connectivity index (χ4n) is 2.78. The van der Waals surface area contributed by atoms with E-state index in [-0.39, 0.29) is 24.5 Å². The molecule has 2 amide bonds. The van der Waals surface area contributed by atoms with Crippen molar-refractivity contribution in [3.8, 4) is 11.1 Å². The number of aromatic nitrogens is 2. The van der Waals surface area contributed by atoms with Gasteiger partial charge >= 0.3 is 0 Å². The van der Waals surface area contributed by atoms with Gasteiger partial charge in [-0.05, 0) is 30.5 Å². The number of hydrogen-bond donors (Lipinski definition) is 2. The second-order valence-electron chi connectivity index (χ2n) is 6.03. The molecule has 0 saturated carbocycles. The van der Waals surface area contributed by atoms with Crippen molar-refractivity contribution >= 4 is 11.8 Å². The number of nitrogens with zero attached hydrogens (tertiary/aromatic N) is 2. The summed E-state index contributed by atoms with van der Waals surface area (Å²) in [5.41, 5.74) is 2.33. The maximum atomic E-state index is 12.3. The monoisotopic (exact) mass is 342 g/mol. The lowest BCUT2D eigenvalue weighted by Gasteiger charge is -2.11. The van der Waals surface area contributed by atoms with Gasteiger partial charge in [0.25, 0.3) is 5.91 Å². The molecule has 1 saturated heterocycles. The van der Waals surface area contributed by atoms with Crippen LogP contribution in [0, 0.1) is 0 Å². The minimum absolute atomic E-state index is 0.114. The highest BCUT2D eigenvalue weighted by Crippen LogP contribution is 2.20. The summed E-state index contributed by atoms with van der Waals surface area (Å²) >= 11 is 0. The van der Waals surface area contributed by atoms with Crippen LogP contribution in [0.5, 0.6) is 0 Å². The summed E-state index contributed by atoms with van der Waals surface area (Å²) in [7, 11) is 1.59. The first-order valence-corrected chi connectivity index (χ1v) is 8.39. The van der Waals surface area contributed by atoms with Crippen LogP contribution in [0.1, 0.15) is 23.2 Å². The lowest BCUT2D eigenvalue weighted by Crippen LogP contribution is -2.31. The molecule has 2 N–H and O–H groups in total. The minimum Gasteiger partial charge on any atom is -0.376 e. The Labute approximate surface area is 146 Å². The molecule has 1 aliphatic rings. The van der Waals surface area contributed by atoms with Crippen LogP contribution in [0.15, 0.2) is 36.7 Å². The number of carbonyl (C=O) groups is 2. The zero-order valence-electron chi connectivity index (χ0n) is 14.2. The molecule has 1 aliphatic heterocycles. The number of amides is 2. The van der Waals surface area contributed by atoms with Crippen LogP contribution < -0.4 is 10.6 Å². The van der Waals surface area contributed by atoms with Crippen molar-refractivity contribution in [2.75, 3.05) is 20.2 Å². The molecule has 2 aromatic rings. The molecule has 7 heteroatoms. The van der Waals surface area contributed by atoms with E-state index < -0.39 is 0 Å². The summed E-state index contributed by atoms with van der Waals surface area (Å²) < 4.78 is 7.09. The molecule has 132 valence electrons. The van der Waals surface area contributed by atoms with Crippen molar-refractivity contribution in [3.05, 3.63) is 42.2 Å². The third kappa shape index (κ3) is 4.45. The molecule has 1 atom stereocenters. The molecule has 0 bridgehead atoms. The Morgan fingerprint density at radius 1 is 1.36 bits per heavy atom. The molecule has 7 nitrogen and oxygen atoms in total. The Bertz CT molecular complexity index is 750. The smallest absolute Gasteiger partial charge is 0.251 e. The summed E-state index contributed by atoms with van der Waals surface area (Å²) in [6, 6.07) is 7.36. The molecular weight excluding hydrogens is 320 g/mol. The van der Waals surface area contributed by atoms with E-state index in [2.05, 4.69) is 15.7 Å². The highest BCUT2D eigenvalue weighted by atomic mass is 16.5. The average molecular weight is 342 g/mol. The van der Waals surface area contributed by atoms with E-state index in [9.17, 15) is 9.59 Å². The predicted molar refractivity (Wildman–Crippen MR) is 93.0 cm³/mol. The van der Waals surface area contributed by atoms with Crippen LogP contribution in [0.2, 0.25) is 0 Å². The minimum atomic E-state index is -0.116. The second kappa shape index (κ2) is 7.94. The summed E-state index contributed by atoms with van der Waals surface area (Å²) in [5.74, 6) is -0.230. The van der Waals surface area contributed by atoms with Gasteiger partial charge in [0.1, 0.15) is 6.54 Å². The van der Waals surface area contributed by atoms with Gasteiger partial charge in [-0.15, -0.1) is 0 Å². The normalized spacial score (nSPS) is 16.6. The highest BCUT2D eigenvalue weighted by molar-refractivity contribution is 5.95. The van der Waals surface area contributed by atoms with Crippen LogP contribution in [-0.2, 0) is 16.1 Å². The molecule has 3 rings (SSSR count). The number of nitrogens with one attached hydrogen (secondary N) is 2. The first-order valence-electron chi connectivity index (χ1n) is 8.39. The van der Waals surface area contributed by atoms with Gasteiger partial charge in [-0.2, -0.15) is 5.10 Å². The zero-order valence-corrected chi connectivity index (χ0v) is 14.2. The molecule has 0 spiro atoms. The van der Waals surface area contributed by atoms with Gasteiger partial charge < -0.3 is 15.4 Å². The first kappa shape index (κ1) is 17.2. The van der Waals surface area contributed by atoms with E-state index in [1.807, 2.05) is 18.2 Å². The molecule has 2 heterocycles. The summed E-state index contributed by atoms with van der Waals surface area (Å²) in [6.07, 6.45) is 5.64. The predicted octanol–water partition coefficient (Wildman–Crippen LogP) is 1.20. The topological polar surface area (TPSA) is 85.2 Å². The Hall–Kier alpha value is -2.67. The number of ether oxygens (including phenoxy) is 1. The molecule has 0 radical (unpaired) electrons. The quantitative estimate of drug-likeness (QED) is 0.826. The largest absolute Gasteiger partial charge is 0.376 e. The molecule has 0 aliphatic carbocycles. The van der Waals surface area contributed by atoms with Gasteiger partial charge in [0.05, 0.1) is 12.3 Å². The molecule has 1 fully saturated rings. The fraction of sp³-hybridized carbons (Fsp3) is 0.389. The number of rotatable bonds is 6. The van der Waals surface area contributed by atoms with Crippen LogP contribution in [0.25, 0.3) is 11.1 Å². The van der Waals surface area contributed by atoms with Gasteiger partial charge in [0, 0.05) is 37.5 Å². The summed E-state index contributed by atoms with van der Waals surface area (Å²) in [4.78, 5) is 23.8. The maximum absolute atomic E-state index is 12.3. The zero-order chi connectivity index (χ0) is 17.6. The summed E-state index contributed by atoms with van der Waals surface area (Å²) in [6.45, 7) is 1.47. The van der Waals surface area contributed by atoms with Gasteiger partial charge in [-0.3, -0.25) is 14.3 Å². The van der Waals surface area contributed by atoms with Gasteiger partial charge in [0.2, 0.25) is 5.91 Å². The Balaban J connectivity index is 1.66.